The third-order valence-electron chi connectivity index (χ3n) is 4.80. The number of amides is 1. The van der Waals surface area contributed by atoms with Crippen LogP contribution in [0, 0.1) is 0 Å². The molecule has 0 saturated heterocycles. The molecule has 0 unspecified atom stereocenters. The zero-order valence-corrected chi connectivity index (χ0v) is 18.3. The van der Waals surface area contributed by atoms with Gasteiger partial charge in [0.05, 0.1) is 11.9 Å². The van der Waals surface area contributed by atoms with Crippen molar-refractivity contribution in [2.45, 2.75) is 10.6 Å². The lowest BCUT2D eigenvalue weighted by atomic mass is 10.1. The summed E-state index contributed by atoms with van der Waals surface area (Å²) in [5.74, 6) is 1.34. The van der Waals surface area contributed by atoms with Crippen molar-refractivity contribution in [2.75, 3.05) is 23.3 Å². The van der Waals surface area contributed by atoms with Crippen molar-refractivity contribution in [1.82, 2.24) is 10.2 Å². The second kappa shape index (κ2) is 8.17. The number of carbonyl (C=O) groups is 1. The summed E-state index contributed by atoms with van der Waals surface area (Å²) in [4.78, 5) is 12.6. The molecule has 4 aromatic rings. The number of hydrogen-bond donors (Lipinski definition) is 3. The van der Waals surface area contributed by atoms with E-state index in [1.165, 1.54) is 6.07 Å². The van der Waals surface area contributed by atoms with Crippen LogP contribution in [0.25, 0.3) is 10.9 Å². The number of ether oxygens (including phenoxy) is 2. The van der Waals surface area contributed by atoms with E-state index in [9.17, 15) is 13.2 Å². The molecular weight excluding hydrogens is 452 g/mol. The van der Waals surface area contributed by atoms with Crippen molar-refractivity contribution in [1.29, 1.82) is 0 Å². The zero-order valence-electron chi connectivity index (χ0n) is 16.6. The monoisotopic (exact) mass is 470 g/mol. The van der Waals surface area contributed by atoms with Crippen LogP contribution in [0.2, 0.25) is 0 Å². The lowest BCUT2D eigenvalue weighted by Crippen LogP contribution is -2.17. The minimum Gasteiger partial charge on any atom is -0.486 e. The first-order valence-corrected chi connectivity index (χ1v) is 12.1. The number of rotatable bonds is 6. The zero-order chi connectivity index (χ0) is 22.1. The van der Waals surface area contributed by atoms with Gasteiger partial charge in [0.2, 0.25) is 5.91 Å². The predicted molar refractivity (Wildman–Crippen MR) is 121 cm³/mol. The van der Waals surface area contributed by atoms with Crippen molar-refractivity contribution in [3.8, 4) is 11.5 Å². The van der Waals surface area contributed by atoms with E-state index in [-0.39, 0.29) is 16.5 Å². The summed E-state index contributed by atoms with van der Waals surface area (Å²) >= 11 is 1.13. The fourth-order valence-corrected chi connectivity index (χ4v) is 5.40. The molecule has 0 fully saturated rings. The molecule has 11 heteroatoms. The molecule has 0 aliphatic carbocycles. The van der Waals surface area contributed by atoms with Gasteiger partial charge in [-0.1, -0.05) is 12.1 Å². The van der Waals surface area contributed by atoms with E-state index < -0.39 is 10.0 Å². The second-order valence-corrected chi connectivity index (χ2v) is 9.93. The van der Waals surface area contributed by atoms with Gasteiger partial charge < -0.3 is 14.8 Å². The Hall–Kier alpha value is -3.57. The van der Waals surface area contributed by atoms with E-state index in [0.717, 1.165) is 16.9 Å². The van der Waals surface area contributed by atoms with Crippen LogP contribution < -0.4 is 19.5 Å². The largest absolute Gasteiger partial charge is 0.486 e. The van der Waals surface area contributed by atoms with Gasteiger partial charge in [0.1, 0.15) is 17.4 Å². The van der Waals surface area contributed by atoms with Gasteiger partial charge in [-0.2, -0.15) is 5.10 Å². The van der Waals surface area contributed by atoms with E-state index in [4.69, 9.17) is 9.47 Å². The van der Waals surface area contributed by atoms with Crippen LogP contribution in [0.15, 0.2) is 58.1 Å². The molecule has 3 N–H and O–H groups in total. The Morgan fingerprint density at radius 2 is 1.94 bits per heavy atom. The van der Waals surface area contributed by atoms with Crippen LogP contribution in [-0.4, -0.2) is 37.7 Å². The normalized spacial score (nSPS) is 13.1. The summed E-state index contributed by atoms with van der Waals surface area (Å²) < 4.78 is 38.8. The van der Waals surface area contributed by atoms with E-state index in [1.54, 1.807) is 41.8 Å². The Bertz CT molecular complexity index is 1400. The Kier molecular flexibility index (Phi) is 5.19. The van der Waals surface area contributed by atoms with Gasteiger partial charge in [0.25, 0.3) is 10.0 Å². The first-order valence-electron chi connectivity index (χ1n) is 9.71. The summed E-state index contributed by atoms with van der Waals surface area (Å²) in [5.41, 5.74) is 1.81. The minimum atomic E-state index is -3.68. The van der Waals surface area contributed by atoms with E-state index in [2.05, 4.69) is 20.2 Å². The minimum absolute atomic E-state index is 0.121. The van der Waals surface area contributed by atoms with Gasteiger partial charge in [-0.3, -0.25) is 14.6 Å². The maximum absolute atomic E-state index is 12.6. The van der Waals surface area contributed by atoms with Crippen LogP contribution in [0.5, 0.6) is 11.5 Å². The maximum Gasteiger partial charge on any atom is 0.271 e. The summed E-state index contributed by atoms with van der Waals surface area (Å²) in [6, 6.07) is 13.6. The van der Waals surface area contributed by atoms with Gasteiger partial charge in [0.15, 0.2) is 17.3 Å². The van der Waals surface area contributed by atoms with Crippen molar-refractivity contribution >= 4 is 49.7 Å². The first kappa shape index (κ1) is 20.3. The number of hydrogen-bond acceptors (Lipinski definition) is 7. The van der Waals surface area contributed by atoms with Gasteiger partial charge in [0, 0.05) is 11.1 Å². The highest BCUT2D eigenvalue weighted by Gasteiger charge is 2.17. The fourth-order valence-electron chi connectivity index (χ4n) is 3.35. The lowest BCUT2D eigenvalue weighted by molar-refractivity contribution is -0.115. The molecule has 32 heavy (non-hydrogen) atoms. The highest BCUT2D eigenvalue weighted by molar-refractivity contribution is 7.94. The van der Waals surface area contributed by atoms with Crippen molar-refractivity contribution in [3.05, 3.63) is 59.5 Å². The lowest BCUT2D eigenvalue weighted by Gasteiger charge is -2.18. The summed E-state index contributed by atoms with van der Waals surface area (Å²) in [5, 5.41) is 12.1. The highest BCUT2D eigenvalue weighted by atomic mass is 32.2. The average molecular weight is 471 g/mol. The van der Waals surface area contributed by atoms with E-state index >= 15 is 0 Å². The van der Waals surface area contributed by atoms with Crippen LogP contribution in [0.4, 0.5) is 11.5 Å². The molecule has 3 heterocycles. The molecule has 1 aliphatic heterocycles. The molecule has 2 aromatic heterocycles. The standard InChI is InChI=1S/C21H18N4O5S2/c26-19(11-13-3-6-17-18(10-13)30-8-7-29-17)22-21-15-12-14(4-5-16(15)23-24-21)25-32(27,28)20-2-1-9-31-20/h1-6,9-10,12,25H,7-8,11H2,(H2,22,23,24,26). The van der Waals surface area contributed by atoms with Crippen molar-refractivity contribution in [3.63, 3.8) is 0 Å². The third kappa shape index (κ3) is 4.12. The number of thiophene rings is 1. The van der Waals surface area contributed by atoms with Gasteiger partial charge >= 0.3 is 0 Å². The molecule has 2 aromatic carbocycles. The molecule has 1 aliphatic rings. The molecule has 9 nitrogen and oxygen atoms in total. The molecule has 0 saturated carbocycles. The quantitative estimate of drug-likeness (QED) is 0.397. The first-order chi connectivity index (χ1) is 15.5. The summed E-state index contributed by atoms with van der Waals surface area (Å²) in [7, 11) is -3.68. The molecule has 164 valence electrons. The number of nitrogens with zero attached hydrogens (tertiary/aromatic N) is 1. The van der Waals surface area contributed by atoms with Crippen LogP contribution in [0.3, 0.4) is 0 Å². The molecule has 5 rings (SSSR count). The number of fused-ring (bicyclic) bond motifs is 2. The Labute approximate surface area is 187 Å². The molecule has 0 atom stereocenters. The molecule has 0 bridgehead atoms. The average Bonchev–Trinajstić information content (AvgIpc) is 3.45. The number of carbonyl (C=O) groups excluding carboxylic acids is 1. The number of H-pyrrole nitrogens is 1. The number of aromatic amines is 1. The van der Waals surface area contributed by atoms with E-state index in [1.807, 2.05) is 6.07 Å². The molecular formula is C21H18N4O5S2. The molecule has 0 spiro atoms. The van der Waals surface area contributed by atoms with Gasteiger partial charge in [-0.05, 0) is 47.3 Å². The van der Waals surface area contributed by atoms with Crippen LogP contribution >= 0.6 is 11.3 Å². The maximum atomic E-state index is 12.6. The van der Waals surface area contributed by atoms with Crippen molar-refractivity contribution in [2.24, 2.45) is 0 Å². The number of benzene rings is 2. The Balaban J connectivity index is 1.33. The van der Waals surface area contributed by atoms with E-state index in [0.29, 0.717) is 47.1 Å². The fraction of sp³-hybridized carbons (Fsp3) is 0.143. The molecule has 0 radical (unpaired) electrons. The number of sulfonamides is 1. The second-order valence-electron chi connectivity index (χ2n) is 7.07. The van der Waals surface area contributed by atoms with Gasteiger partial charge in [-0.25, -0.2) is 8.42 Å². The summed E-state index contributed by atoms with van der Waals surface area (Å²) in [6.07, 6.45) is 0.121. The smallest absolute Gasteiger partial charge is 0.271 e. The highest BCUT2D eigenvalue weighted by Crippen LogP contribution is 2.31. The number of nitrogens with one attached hydrogen (secondary N) is 3. The number of aromatic nitrogens is 2. The Morgan fingerprint density at radius 1 is 1.09 bits per heavy atom. The Morgan fingerprint density at radius 3 is 2.75 bits per heavy atom. The topological polar surface area (TPSA) is 122 Å². The third-order valence-corrected chi connectivity index (χ3v) is 7.58. The van der Waals surface area contributed by atoms with Crippen molar-refractivity contribution < 1.29 is 22.7 Å². The van der Waals surface area contributed by atoms with Gasteiger partial charge in [-0.15, -0.1) is 11.3 Å². The van der Waals surface area contributed by atoms with Crippen LogP contribution in [-0.2, 0) is 21.2 Å². The SMILES string of the molecule is O=C(Cc1ccc2c(c1)OCCO2)Nc1n[nH]c2ccc(NS(=O)(=O)c3cccs3)cc12. The summed E-state index contributed by atoms with van der Waals surface area (Å²) in [6.45, 7) is 0.977. The van der Waals surface area contributed by atoms with Crippen LogP contribution in [0.1, 0.15) is 5.56 Å². The molecule has 1 amide bonds. The number of anilines is 2. The predicted octanol–water partition coefficient (Wildman–Crippen LogP) is 3.38.